The minimum atomic E-state index is -1.65. The van der Waals surface area contributed by atoms with Crippen LogP contribution in [0, 0.1) is 0 Å². The number of carbonyl (C=O) groups excluding carboxylic acids is 3. The van der Waals surface area contributed by atoms with Crippen LogP contribution >= 0.6 is 39.5 Å². The zero-order valence-electron chi connectivity index (χ0n) is 18.0. The van der Waals surface area contributed by atoms with Crippen LogP contribution in [0.4, 0.5) is 4.79 Å². The molecule has 0 radical (unpaired) electrons. The van der Waals surface area contributed by atoms with Crippen LogP contribution in [0.3, 0.4) is 0 Å². The van der Waals surface area contributed by atoms with Gasteiger partial charge in [0.15, 0.2) is 5.16 Å². The van der Waals surface area contributed by atoms with Crippen LogP contribution in [0.25, 0.3) is 0 Å². The van der Waals surface area contributed by atoms with E-state index < -0.39 is 52.0 Å². The van der Waals surface area contributed by atoms with Gasteiger partial charge in [-0.3, -0.25) is 33.4 Å². The molecule has 1 aromatic rings. The fraction of sp³-hybridized carbons (Fsp3) is 0.412. The minimum absolute atomic E-state index is 0.0832. The van der Waals surface area contributed by atoms with Crippen LogP contribution in [0.15, 0.2) is 31.4 Å². The summed E-state index contributed by atoms with van der Waals surface area (Å²) in [5, 5.41) is 20.1. The highest BCUT2D eigenvalue weighted by Gasteiger charge is 2.54. The number of rotatable bonds is 9. The van der Waals surface area contributed by atoms with Crippen molar-refractivity contribution in [3.05, 3.63) is 32.2 Å². The summed E-state index contributed by atoms with van der Waals surface area (Å²) in [5.74, 6) is -2.17. The quantitative estimate of drug-likeness (QED) is 0.0454. The van der Waals surface area contributed by atoms with E-state index >= 15 is 0 Å². The number of halogens is 1. The lowest BCUT2D eigenvalue weighted by atomic mass is 10.1. The molecule has 0 spiro atoms. The van der Waals surface area contributed by atoms with Gasteiger partial charge in [0, 0.05) is 24.1 Å². The minimum Gasteiger partial charge on any atom is -0.449 e. The van der Waals surface area contributed by atoms with Gasteiger partial charge in [0.25, 0.3) is 11.8 Å². The first-order valence-corrected chi connectivity index (χ1v) is 12.6. The number of nitrogens with one attached hydrogen (secondary N) is 2. The van der Waals surface area contributed by atoms with E-state index in [9.17, 15) is 33.9 Å². The fourth-order valence-corrected chi connectivity index (χ4v) is 5.67. The molecule has 0 bridgehead atoms. The smallest absolute Gasteiger partial charge is 0.449 e. The number of aromatic amines is 1. The average molecular weight is 593 g/mol. The number of carbonyl (C=O) groups is 4. The SMILES string of the molecule is CO/N=C(/C(=O)CBr)C(=O)N[C@@H]1C(=O)N2C(OC(=O)O)=C(CSc3n[nH]c(=O)c(=O)n3C)CS[C@H]12. The molecule has 15 nitrogen and oxygen atoms in total. The molecule has 0 unspecified atom stereocenters. The Balaban J connectivity index is 1.80. The van der Waals surface area contributed by atoms with Gasteiger partial charge in [-0.2, -0.15) is 0 Å². The number of amides is 2. The number of fused-ring (bicyclic) bond motifs is 1. The van der Waals surface area contributed by atoms with Gasteiger partial charge in [0.1, 0.15) is 18.5 Å². The van der Waals surface area contributed by atoms with Crippen molar-refractivity contribution in [3.8, 4) is 0 Å². The number of Topliss-reactive ketones (excluding diaryl/α,β-unsaturated/α-hetero) is 1. The molecule has 1 saturated heterocycles. The molecule has 1 fully saturated rings. The van der Waals surface area contributed by atoms with Crippen LogP contribution in [-0.4, -0.2) is 89.6 Å². The number of hydrogen-bond acceptors (Lipinski definition) is 12. The zero-order chi connectivity index (χ0) is 25.9. The van der Waals surface area contributed by atoms with Gasteiger partial charge in [-0.05, 0) is 0 Å². The summed E-state index contributed by atoms with van der Waals surface area (Å²) in [6.07, 6.45) is -1.65. The number of nitrogens with zero attached hydrogens (tertiary/aromatic N) is 4. The van der Waals surface area contributed by atoms with Gasteiger partial charge >= 0.3 is 17.3 Å². The second kappa shape index (κ2) is 11.1. The third kappa shape index (κ3) is 5.43. The maximum absolute atomic E-state index is 12.8. The van der Waals surface area contributed by atoms with E-state index in [1.54, 1.807) is 0 Å². The van der Waals surface area contributed by atoms with Crippen molar-refractivity contribution < 1.29 is 33.9 Å². The van der Waals surface area contributed by atoms with Crippen LogP contribution in [-0.2, 0) is 31.0 Å². The lowest BCUT2D eigenvalue weighted by molar-refractivity contribution is -0.148. The normalized spacial score (nSPS) is 19.6. The second-order valence-electron chi connectivity index (χ2n) is 6.81. The first-order valence-electron chi connectivity index (χ1n) is 9.47. The Bertz CT molecular complexity index is 1260. The van der Waals surface area contributed by atoms with Crippen molar-refractivity contribution in [3.63, 3.8) is 0 Å². The number of H-pyrrole nitrogens is 1. The molecule has 188 valence electrons. The predicted molar refractivity (Wildman–Crippen MR) is 125 cm³/mol. The summed E-state index contributed by atoms with van der Waals surface area (Å²) in [6.45, 7) is 0. The fourth-order valence-electron chi connectivity index (χ4n) is 3.03. The zero-order valence-corrected chi connectivity index (χ0v) is 21.2. The largest absolute Gasteiger partial charge is 0.512 e. The molecule has 3 rings (SSSR count). The molecule has 2 aliphatic heterocycles. The predicted octanol–water partition coefficient (Wildman–Crippen LogP) is -1.17. The topological polar surface area (TPSA) is 202 Å². The highest BCUT2D eigenvalue weighted by Crippen LogP contribution is 2.41. The summed E-state index contributed by atoms with van der Waals surface area (Å²) in [6, 6.07) is -1.07. The Morgan fingerprint density at radius 3 is 2.71 bits per heavy atom. The first kappa shape index (κ1) is 26.5. The average Bonchev–Trinajstić information content (AvgIpc) is 2.83. The van der Waals surface area contributed by atoms with Gasteiger partial charge in [0.05, 0.1) is 5.33 Å². The Kier molecular flexibility index (Phi) is 8.39. The Morgan fingerprint density at radius 2 is 2.09 bits per heavy atom. The van der Waals surface area contributed by atoms with E-state index in [1.807, 2.05) is 0 Å². The number of hydrogen-bond donors (Lipinski definition) is 3. The van der Waals surface area contributed by atoms with E-state index in [1.165, 1.54) is 18.8 Å². The molecular formula is C17H17BrN6O9S2. The molecule has 3 heterocycles. The summed E-state index contributed by atoms with van der Waals surface area (Å²) in [4.78, 5) is 77.3. The molecule has 1 aromatic heterocycles. The Hall–Kier alpha value is -3.12. The van der Waals surface area contributed by atoms with Crippen molar-refractivity contribution in [2.24, 2.45) is 12.2 Å². The number of β-lactam (4-membered cyclic amide) rings is 1. The molecule has 2 aliphatic rings. The van der Waals surface area contributed by atoms with Crippen LogP contribution in [0.1, 0.15) is 0 Å². The standard InChI is InChI=1S/C17H17BrN6O9S2/c1-23-13(29)11(27)20-21-16(23)35-5-6-4-34-15-9(12(28)24(15)14(6)33-17(30)31)19-10(26)8(22-32-2)7(25)3-18/h9,15H,3-5H2,1-2H3,(H,19,26)(H,20,27)(H,30,31)/b22-8-/t9-,15-/m1/s1. The summed E-state index contributed by atoms with van der Waals surface area (Å²) in [7, 11) is 2.51. The lowest BCUT2D eigenvalue weighted by Gasteiger charge is -2.49. The maximum atomic E-state index is 12.8. The number of oxime groups is 1. The Morgan fingerprint density at radius 1 is 1.37 bits per heavy atom. The van der Waals surface area contributed by atoms with Gasteiger partial charge in [-0.1, -0.05) is 32.8 Å². The Labute approximate surface area is 212 Å². The van der Waals surface area contributed by atoms with Crippen molar-refractivity contribution in [1.82, 2.24) is 25.0 Å². The van der Waals surface area contributed by atoms with Crippen LogP contribution in [0.5, 0.6) is 0 Å². The molecule has 0 saturated carbocycles. The molecule has 18 heteroatoms. The number of aromatic nitrogens is 3. The molecule has 35 heavy (non-hydrogen) atoms. The third-order valence-electron chi connectivity index (χ3n) is 4.66. The van der Waals surface area contributed by atoms with Gasteiger partial charge in [-0.25, -0.2) is 9.89 Å². The second-order valence-corrected chi connectivity index (χ2v) is 9.41. The van der Waals surface area contributed by atoms with Crippen molar-refractivity contribution in [2.45, 2.75) is 16.6 Å². The van der Waals surface area contributed by atoms with E-state index in [-0.39, 0.29) is 27.9 Å². The summed E-state index contributed by atoms with van der Waals surface area (Å²) in [5.41, 5.74) is -1.83. The van der Waals surface area contributed by atoms with E-state index in [2.05, 4.69) is 41.4 Å². The molecule has 0 aromatic carbocycles. The summed E-state index contributed by atoms with van der Waals surface area (Å²) >= 11 is 5.18. The van der Waals surface area contributed by atoms with E-state index in [0.29, 0.717) is 5.57 Å². The monoisotopic (exact) mass is 592 g/mol. The number of ether oxygens (including phenoxy) is 1. The number of thioether (sulfide) groups is 2. The molecule has 2 atom stereocenters. The highest BCUT2D eigenvalue weighted by atomic mass is 79.9. The van der Waals surface area contributed by atoms with Gasteiger partial charge in [-0.15, -0.1) is 16.9 Å². The number of carboxylic acid groups (broad SMARTS) is 1. The van der Waals surface area contributed by atoms with Crippen LogP contribution < -0.4 is 16.4 Å². The first-order chi connectivity index (χ1) is 16.6. The molecule has 0 aliphatic carbocycles. The third-order valence-corrected chi connectivity index (χ3v) is 7.63. The van der Waals surface area contributed by atoms with Crippen molar-refractivity contribution in [1.29, 1.82) is 0 Å². The van der Waals surface area contributed by atoms with E-state index in [4.69, 9.17) is 4.74 Å². The van der Waals surface area contributed by atoms with Crippen LogP contribution in [0.2, 0.25) is 0 Å². The van der Waals surface area contributed by atoms with Gasteiger partial charge < -0.3 is 20.0 Å². The maximum Gasteiger partial charge on any atom is 0.512 e. The number of ketones is 1. The van der Waals surface area contributed by atoms with Gasteiger partial charge in [0.2, 0.25) is 17.4 Å². The lowest BCUT2D eigenvalue weighted by Crippen LogP contribution is -2.71. The van der Waals surface area contributed by atoms with Crippen molar-refractivity contribution >= 4 is 68.9 Å². The van der Waals surface area contributed by atoms with E-state index in [0.717, 1.165) is 28.3 Å². The molecule has 3 N–H and O–H groups in total. The number of alkyl halides is 1. The summed E-state index contributed by atoms with van der Waals surface area (Å²) < 4.78 is 5.91. The molecule has 2 amide bonds. The highest BCUT2D eigenvalue weighted by molar-refractivity contribution is 9.09. The van der Waals surface area contributed by atoms with Crippen molar-refractivity contribution in [2.75, 3.05) is 23.9 Å². The molecular weight excluding hydrogens is 576 g/mol.